The summed E-state index contributed by atoms with van der Waals surface area (Å²) >= 11 is 0. The molecule has 0 spiro atoms. The molecule has 1 saturated carbocycles. The van der Waals surface area contributed by atoms with Gasteiger partial charge >= 0.3 is 5.97 Å². The zero-order chi connectivity index (χ0) is 15.8. The van der Waals surface area contributed by atoms with Crippen LogP contribution in [-0.2, 0) is 14.3 Å². The summed E-state index contributed by atoms with van der Waals surface area (Å²) in [5, 5.41) is 2.87. The second-order valence-electron chi connectivity index (χ2n) is 5.26. The van der Waals surface area contributed by atoms with Crippen LogP contribution >= 0.6 is 0 Å². The standard InChI is InChI=1S/C17H21NO4/c1-21-15-9-6-13(7-10-15)8-11-17(20)22-12-16(19)18-14-4-2-3-5-14/h6-11,14H,2-5,12H2,1H3,(H,18,19). The molecule has 1 aliphatic rings. The van der Waals surface area contributed by atoms with Gasteiger partial charge in [0.1, 0.15) is 5.75 Å². The van der Waals surface area contributed by atoms with Crippen molar-refractivity contribution >= 4 is 18.0 Å². The van der Waals surface area contributed by atoms with Crippen LogP contribution in [0.15, 0.2) is 30.3 Å². The Bertz CT molecular complexity index is 530. The molecule has 1 amide bonds. The molecule has 1 aromatic carbocycles. The zero-order valence-electron chi connectivity index (χ0n) is 12.7. The normalized spacial score (nSPS) is 15.0. The third-order valence-electron chi connectivity index (χ3n) is 3.59. The Kier molecular flexibility index (Phi) is 6.01. The van der Waals surface area contributed by atoms with Gasteiger partial charge < -0.3 is 14.8 Å². The van der Waals surface area contributed by atoms with E-state index in [0.29, 0.717) is 0 Å². The molecule has 5 heteroatoms. The number of ether oxygens (including phenoxy) is 2. The smallest absolute Gasteiger partial charge is 0.331 e. The van der Waals surface area contributed by atoms with Gasteiger partial charge in [-0.1, -0.05) is 25.0 Å². The van der Waals surface area contributed by atoms with Crippen molar-refractivity contribution in [3.05, 3.63) is 35.9 Å². The van der Waals surface area contributed by atoms with E-state index < -0.39 is 5.97 Å². The van der Waals surface area contributed by atoms with Crippen molar-refractivity contribution in [3.63, 3.8) is 0 Å². The molecule has 0 aliphatic heterocycles. The van der Waals surface area contributed by atoms with Crippen LogP contribution in [0.4, 0.5) is 0 Å². The minimum atomic E-state index is -0.530. The second kappa shape index (κ2) is 8.22. The summed E-state index contributed by atoms with van der Waals surface area (Å²) in [6, 6.07) is 7.51. The van der Waals surface area contributed by atoms with E-state index in [1.54, 1.807) is 25.3 Å². The van der Waals surface area contributed by atoms with Gasteiger partial charge in [0.25, 0.3) is 5.91 Å². The first-order valence-electron chi connectivity index (χ1n) is 7.45. The number of nitrogens with one attached hydrogen (secondary N) is 1. The molecule has 1 aliphatic carbocycles. The fraction of sp³-hybridized carbons (Fsp3) is 0.412. The predicted molar refractivity (Wildman–Crippen MR) is 83.4 cm³/mol. The van der Waals surface area contributed by atoms with E-state index in [1.807, 2.05) is 12.1 Å². The van der Waals surface area contributed by atoms with E-state index in [9.17, 15) is 9.59 Å². The van der Waals surface area contributed by atoms with Gasteiger partial charge in [0.05, 0.1) is 7.11 Å². The highest BCUT2D eigenvalue weighted by atomic mass is 16.5. The van der Waals surface area contributed by atoms with E-state index in [4.69, 9.17) is 9.47 Å². The molecule has 118 valence electrons. The first kappa shape index (κ1) is 16.1. The van der Waals surface area contributed by atoms with Crippen molar-refractivity contribution in [2.75, 3.05) is 13.7 Å². The molecular weight excluding hydrogens is 282 g/mol. The van der Waals surface area contributed by atoms with Crippen LogP contribution in [0.3, 0.4) is 0 Å². The van der Waals surface area contributed by atoms with Crippen molar-refractivity contribution in [2.45, 2.75) is 31.7 Å². The van der Waals surface area contributed by atoms with Crippen molar-refractivity contribution < 1.29 is 19.1 Å². The molecule has 0 saturated heterocycles. The third kappa shape index (κ3) is 5.24. The highest BCUT2D eigenvalue weighted by Gasteiger charge is 2.17. The summed E-state index contributed by atoms with van der Waals surface area (Å²) in [5.74, 6) is -0.0150. The summed E-state index contributed by atoms with van der Waals surface area (Å²) in [6.07, 6.45) is 7.26. The van der Waals surface area contributed by atoms with Crippen LogP contribution in [-0.4, -0.2) is 31.6 Å². The Morgan fingerprint density at radius 3 is 2.55 bits per heavy atom. The molecule has 0 unspecified atom stereocenters. The van der Waals surface area contributed by atoms with Crippen LogP contribution in [0, 0.1) is 0 Å². The number of hydrogen-bond donors (Lipinski definition) is 1. The van der Waals surface area contributed by atoms with Gasteiger partial charge in [-0.25, -0.2) is 4.79 Å². The quantitative estimate of drug-likeness (QED) is 0.647. The maximum atomic E-state index is 11.6. The summed E-state index contributed by atoms with van der Waals surface area (Å²) in [6.45, 7) is -0.234. The van der Waals surface area contributed by atoms with Crippen LogP contribution in [0.5, 0.6) is 5.75 Å². The number of amides is 1. The van der Waals surface area contributed by atoms with Gasteiger partial charge in [-0.15, -0.1) is 0 Å². The molecule has 1 N–H and O–H groups in total. The molecule has 0 radical (unpaired) electrons. The average molecular weight is 303 g/mol. The van der Waals surface area contributed by atoms with Crippen molar-refractivity contribution in [2.24, 2.45) is 0 Å². The number of rotatable bonds is 6. The highest BCUT2D eigenvalue weighted by Crippen LogP contribution is 2.17. The molecule has 22 heavy (non-hydrogen) atoms. The lowest BCUT2D eigenvalue weighted by Crippen LogP contribution is -2.35. The lowest BCUT2D eigenvalue weighted by Gasteiger charge is -2.11. The largest absolute Gasteiger partial charge is 0.497 e. The SMILES string of the molecule is COc1ccc(C=CC(=O)OCC(=O)NC2CCCC2)cc1. The van der Waals surface area contributed by atoms with Gasteiger partial charge in [-0.2, -0.15) is 0 Å². The summed E-state index contributed by atoms with van der Waals surface area (Å²) < 4.78 is 9.97. The number of methoxy groups -OCH3 is 1. The molecule has 0 atom stereocenters. The van der Waals surface area contributed by atoms with E-state index in [2.05, 4.69) is 5.32 Å². The molecule has 1 aromatic rings. The lowest BCUT2D eigenvalue weighted by atomic mass is 10.2. The Balaban J connectivity index is 1.72. The Morgan fingerprint density at radius 2 is 1.91 bits per heavy atom. The van der Waals surface area contributed by atoms with Crippen LogP contribution < -0.4 is 10.1 Å². The number of carbonyl (C=O) groups excluding carboxylic acids is 2. The molecule has 0 aromatic heterocycles. The molecule has 2 rings (SSSR count). The van der Waals surface area contributed by atoms with Crippen LogP contribution in [0.2, 0.25) is 0 Å². The minimum absolute atomic E-state index is 0.234. The zero-order valence-corrected chi connectivity index (χ0v) is 12.7. The van der Waals surface area contributed by atoms with E-state index in [1.165, 1.54) is 6.08 Å². The summed E-state index contributed by atoms with van der Waals surface area (Å²) in [5.41, 5.74) is 0.855. The summed E-state index contributed by atoms with van der Waals surface area (Å²) in [7, 11) is 1.60. The van der Waals surface area contributed by atoms with Gasteiger partial charge in [-0.3, -0.25) is 4.79 Å². The maximum absolute atomic E-state index is 11.6. The Morgan fingerprint density at radius 1 is 1.23 bits per heavy atom. The summed E-state index contributed by atoms with van der Waals surface area (Å²) in [4.78, 5) is 23.2. The molecule has 0 heterocycles. The van der Waals surface area contributed by atoms with Gasteiger partial charge in [0.2, 0.25) is 0 Å². The molecule has 5 nitrogen and oxygen atoms in total. The van der Waals surface area contributed by atoms with E-state index in [0.717, 1.165) is 37.0 Å². The number of hydrogen-bond acceptors (Lipinski definition) is 4. The van der Waals surface area contributed by atoms with Gasteiger partial charge in [-0.05, 0) is 36.6 Å². The maximum Gasteiger partial charge on any atom is 0.331 e. The van der Waals surface area contributed by atoms with Crippen LogP contribution in [0.25, 0.3) is 6.08 Å². The number of benzene rings is 1. The number of esters is 1. The minimum Gasteiger partial charge on any atom is -0.497 e. The molecular formula is C17H21NO4. The third-order valence-corrected chi connectivity index (χ3v) is 3.59. The molecule has 0 bridgehead atoms. The molecule has 1 fully saturated rings. The van der Waals surface area contributed by atoms with E-state index >= 15 is 0 Å². The Hall–Kier alpha value is -2.30. The Labute approximate surface area is 130 Å². The fourth-order valence-electron chi connectivity index (χ4n) is 2.40. The van der Waals surface area contributed by atoms with Crippen molar-refractivity contribution in [1.82, 2.24) is 5.32 Å². The lowest BCUT2D eigenvalue weighted by molar-refractivity contribution is -0.144. The number of carbonyl (C=O) groups is 2. The second-order valence-corrected chi connectivity index (χ2v) is 5.26. The average Bonchev–Trinajstić information content (AvgIpc) is 3.04. The van der Waals surface area contributed by atoms with E-state index in [-0.39, 0.29) is 18.6 Å². The van der Waals surface area contributed by atoms with Crippen LogP contribution in [0.1, 0.15) is 31.2 Å². The van der Waals surface area contributed by atoms with Gasteiger partial charge in [0.15, 0.2) is 6.61 Å². The first-order chi connectivity index (χ1) is 10.7. The van der Waals surface area contributed by atoms with Crippen molar-refractivity contribution in [1.29, 1.82) is 0 Å². The first-order valence-corrected chi connectivity index (χ1v) is 7.45. The highest BCUT2D eigenvalue weighted by molar-refractivity contribution is 5.89. The van der Waals surface area contributed by atoms with Gasteiger partial charge in [0, 0.05) is 12.1 Å². The topological polar surface area (TPSA) is 64.6 Å². The fourth-order valence-corrected chi connectivity index (χ4v) is 2.40. The van der Waals surface area contributed by atoms with Crippen molar-refractivity contribution in [3.8, 4) is 5.75 Å². The monoisotopic (exact) mass is 303 g/mol. The predicted octanol–water partition coefficient (Wildman–Crippen LogP) is 2.31.